The van der Waals surface area contributed by atoms with E-state index in [0.717, 1.165) is 32.1 Å². The number of nitrogens with zero attached hydrogens (tertiary/aromatic N) is 2. The van der Waals surface area contributed by atoms with Gasteiger partial charge in [0, 0.05) is 42.2 Å². The predicted octanol–water partition coefficient (Wildman–Crippen LogP) is 4.03. The molecule has 1 atom stereocenters. The monoisotopic (exact) mass is 407 g/mol. The van der Waals surface area contributed by atoms with Crippen molar-refractivity contribution in [1.29, 1.82) is 0 Å². The molecule has 2 aliphatic rings. The third-order valence-electron chi connectivity index (χ3n) is 6.06. The maximum absolute atomic E-state index is 12.6. The number of hydrogen-bond acceptors (Lipinski definition) is 5. The van der Waals surface area contributed by atoms with Crippen LogP contribution >= 0.6 is 0 Å². The summed E-state index contributed by atoms with van der Waals surface area (Å²) in [6.07, 6.45) is 4.92. The van der Waals surface area contributed by atoms with Gasteiger partial charge in [0.25, 0.3) is 5.69 Å². The fourth-order valence-electron chi connectivity index (χ4n) is 4.43. The average molecular weight is 407 g/mol. The van der Waals surface area contributed by atoms with E-state index in [9.17, 15) is 19.7 Å². The number of nitro benzene ring substituents is 1. The van der Waals surface area contributed by atoms with Crippen molar-refractivity contribution in [2.75, 3.05) is 18.4 Å². The molecule has 0 radical (unpaired) electrons. The van der Waals surface area contributed by atoms with Crippen molar-refractivity contribution in [3.05, 3.63) is 69.8 Å². The summed E-state index contributed by atoms with van der Waals surface area (Å²) in [7, 11) is 0. The van der Waals surface area contributed by atoms with Crippen LogP contribution in [0.25, 0.3) is 0 Å². The lowest BCUT2D eigenvalue weighted by molar-refractivity contribution is -0.384. The average Bonchev–Trinajstić information content (AvgIpc) is 3.46. The fraction of sp³-hybridized carbons (Fsp3) is 0.391. The van der Waals surface area contributed by atoms with Crippen molar-refractivity contribution in [2.45, 2.75) is 38.1 Å². The van der Waals surface area contributed by atoms with Gasteiger partial charge in [0.2, 0.25) is 5.91 Å². The van der Waals surface area contributed by atoms with Crippen LogP contribution in [0.1, 0.15) is 48.0 Å². The van der Waals surface area contributed by atoms with E-state index in [4.69, 9.17) is 0 Å². The number of hydrogen-bond donors (Lipinski definition) is 1. The molecule has 1 N–H and O–H groups in total. The molecular weight excluding hydrogens is 382 g/mol. The molecule has 0 aromatic heterocycles. The highest BCUT2D eigenvalue weighted by atomic mass is 16.6. The summed E-state index contributed by atoms with van der Waals surface area (Å²) >= 11 is 0. The van der Waals surface area contributed by atoms with Gasteiger partial charge in [-0.25, -0.2) is 0 Å². The molecule has 7 heteroatoms. The Hall–Kier alpha value is -3.22. The predicted molar refractivity (Wildman–Crippen MR) is 114 cm³/mol. The molecule has 4 rings (SSSR count). The molecule has 1 amide bonds. The molecule has 1 unspecified atom stereocenters. The molecule has 2 aromatic rings. The van der Waals surface area contributed by atoms with Crippen LogP contribution in [0, 0.1) is 16.0 Å². The number of amides is 1. The quantitative estimate of drug-likeness (QED) is 0.443. The molecule has 1 heterocycles. The lowest BCUT2D eigenvalue weighted by Gasteiger charge is -2.21. The second-order valence-corrected chi connectivity index (χ2v) is 8.08. The van der Waals surface area contributed by atoms with Crippen LogP contribution in [-0.4, -0.2) is 40.6 Å². The third-order valence-corrected chi connectivity index (χ3v) is 6.06. The van der Waals surface area contributed by atoms with Crippen LogP contribution in [0.15, 0.2) is 48.5 Å². The summed E-state index contributed by atoms with van der Waals surface area (Å²) < 4.78 is 0. The molecule has 0 bridgehead atoms. The summed E-state index contributed by atoms with van der Waals surface area (Å²) in [5, 5.41) is 14.9. The Kier molecular flexibility index (Phi) is 5.79. The van der Waals surface area contributed by atoms with Gasteiger partial charge < -0.3 is 10.2 Å². The Bertz CT molecular complexity index is 954. The van der Waals surface area contributed by atoms with Gasteiger partial charge in [-0.15, -0.1) is 0 Å². The van der Waals surface area contributed by atoms with Gasteiger partial charge in [-0.3, -0.25) is 19.7 Å². The van der Waals surface area contributed by atoms with Crippen molar-refractivity contribution in [3.8, 4) is 0 Å². The summed E-state index contributed by atoms with van der Waals surface area (Å²) in [4.78, 5) is 38.3. The second kappa shape index (κ2) is 8.65. The zero-order valence-electron chi connectivity index (χ0n) is 16.8. The minimum atomic E-state index is -0.472. The normalized spacial score (nSPS) is 19.1. The standard InChI is InChI=1S/C23H25N3O4/c27-22(16-6-2-1-3-7-16)18-10-11-20(21(14-18)26(29)30)24-19-12-13-25(15-19)23(28)17-8-4-5-9-17/h1-3,6-7,10-11,14,17,19,24H,4-5,8-9,12-13,15H2. The SMILES string of the molecule is O=C(c1ccccc1)c1ccc(NC2CCN(C(=O)C3CCCC3)C2)c([N+](=O)[O-])c1. The number of carbonyl (C=O) groups is 2. The Balaban J connectivity index is 1.47. The number of carbonyl (C=O) groups excluding carboxylic acids is 2. The minimum absolute atomic E-state index is 0.0373. The molecule has 1 aliphatic carbocycles. The summed E-state index contributed by atoms with van der Waals surface area (Å²) in [5.41, 5.74) is 1.02. The van der Waals surface area contributed by atoms with E-state index < -0.39 is 4.92 Å². The summed E-state index contributed by atoms with van der Waals surface area (Å²) in [6.45, 7) is 1.22. The first-order valence-electron chi connectivity index (χ1n) is 10.5. The van der Waals surface area contributed by atoms with E-state index in [-0.39, 0.29) is 34.9 Å². The van der Waals surface area contributed by atoms with Gasteiger partial charge in [-0.1, -0.05) is 43.2 Å². The van der Waals surface area contributed by atoms with Gasteiger partial charge in [0.1, 0.15) is 5.69 Å². The molecule has 1 saturated carbocycles. The van der Waals surface area contributed by atoms with Gasteiger partial charge in [0.15, 0.2) is 5.78 Å². The number of anilines is 1. The topological polar surface area (TPSA) is 92.6 Å². The van der Waals surface area contributed by atoms with Gasteiger partial charge in [-0.2, -0.15) is 0 Å². The van der Waals surface area contributed by atoms with E-state index in [1.807, 2.05) is 11.0 Å². The molecule has 0 spiro atoms. The highest BCUT2D eigenvalue weighted by molar-refractivity contribution is 6.09. The van der Waals surface area contributed by atoms with Crippen LogP contribution in [0.5, 0.6) is 0 Å². The Morgan fingerprint density at radius 2 is 1.73 bits per heavy atom. The van der Waals surface area contributed by atoms with Gasteiger partial charge in [-0.05, 0) is 31.4 Å². The molecular formula is C23H25N3O4. The first kappa shape index (κ1) is 20.1. The lowest BCUT2D eigenvalue weighted by atomic mass is 10.0. The van der Waals surface area contributed by atoms with E-state index in [2.05, 4.69) is 5.32 Å². The van der Waals surface area contributed by atoms with Crippen molar-refractivity contribution in [2.24, 2.45) is 5.92 Å². The third kappa shape index (κ3) is 4.20. The maximum atomic E-state index is 12.6. The van der Waals surface area contributed by atoms with Crippen LogP contribution in [-0.2, 0) is 4.79 Å². The van der Waals surface area contributed by atoms with Gasteiger partial charge in [0.05, 0.1) is 4.92 Å². The molecule has 7 nitrogen and oxygen atoms in total. The fourth-order valence-corrected chi connectivity index (χ4v) is 4.43. The first-order valence-corrected chi connectivity index (χ1v) is 10.5. The summed E-state index contributed by atoms with van der Waals surface area (Å²) in [5.74, 6) is 0.107. The maximum Gasteiger partial charge on any atom is 0.293 e. The number of ketones is 1. The number of likely N-dealkylation sites (tertiary alicyclic amines) is 1. The number of rotatable bonds is 6. The Morgan fingerprint density at radius 3 is 2.43 bits per heavy atom. The second-order valence-electron chi connectivity index (χ2n) is 8.08. The van der Waals surface area contributed by atoms with Crippen molar-refractivity contribution >= 4 is 23.1 Å². The van der Waals surface area contributed by atoms with Crippen molar-refractivity contribution < 1.29 is 14.5 Å². The van der Waals surface area contributed by atoms with E-state index in [1.54, 1.807) is 36.4 Å². The molecule has 156 valence electrons. The van der Waals surface area contributed by atoms with E-state index >= 15 is 0 Å². The molecule has 1 saturated heterocycles. The van der Waals surface area contributed by atoms with Gasteiger partial charge >= 0.3 is 0 Å². The van der Waals surface area contributed by atoms with Crippen LogP contribution < -0.4 is 5.32 Å². The molecule has 2 aromatic carbocycles. The largest absolute Gasteiger partial charge is 0.375 e. The Labute approximate surface area is 175 Å². The zero-order valence-corrected chi connectivity index (χ0v) is 16.8. The smallest absolute Gasteiger partial charge is 0.293 e. The molecule has 2 fully saturated rings. The summed E-state index contributed by atoms with van der Waals surface area (Å²) in [6, 6.07) is 13.2. The first-order chi connectivity index (χ1) is 14.5. The highest BCUT2D eigenvalue weighted by Gasteiger charge is 2.33. The molecule has 1 aliphatic heterocycles. The van der Waals surface area contributed by atoms with E-state index in [0.29, 0.717) is 24.3 Å². The van der Waals surface area contributed by atoms with Crippen LogP contribution in [0.2, 0.25) is 0 Å². The number of benzene rings is 2. The lowest BCUT2D eigenvalue weighted by Crippen LogP contribution is -2.35. The highest BCUT2D eigenvalue weighted by Crippen LogP contribution is 2.31. The molecule has 30 heavy (non-hydrogen) atoms. The Morgan fingerprint density at radius 1 is 1.00 bits per heavy atom. The van der Waals surface area contributed by atoms with Crippen molar-refractivity contribution in [3.63, 3.8) is 0 Å². The minimum Gasteiger partial charge on any atom is -0.375 e. The zero-order chi connectivity index (χ0) is 21.1. The van der Waals surface area contributed by atoms with Crippen molar-refractivity contribution in [1.82, 2.24) is 4.90 Å². The van der Waals surface area contributed by atoms with E-state index in [1.165, 1.54) is 6.07 Å². The number of nitro groups is 1. The van der Waals surface area contributed by atoms with Crippen LogP contribution in [0.3, 0.4) is 0 Å². The number of nitrogens with one attached hydrogen (secondary N) is 1. The van der Waals surface area contributed by atoms with Crippen LogP contribution in [0.4, 0.5) is 11.4 Å².